The first-order valence-electron chi connectivity index (χ1n) is 8.89. The van der Waals surface area contributed by atoms with Gasteiger partial charge in [-0.25, -0.2) is 14.8 Å². The molecule has 3 N–H and O–H groups in total. The summed E-state index contributed by atoms with van der Waals surface area (Å²) in [4.78, 5) is 22.4. The molecule has 1 heterocycles. The Labute approximate surface area is 169 Å². The normalized spacial score (nSPS) is 10.3. The van der Waals surface area contributed by atoms with Gasteiger partial charge in [-0.3, -0.25) is 0 Å². The van der Waals surface area contributed by atoms with Crippen molar-refractivity contribution < 1.29 is 14.3 Å². The number of carbonyl (C=O) groups excluding carboxylic acids is 1. The van der Waals surface area contributed by atoms with Gasteiger partial charge in [0, 0.05) is 7.05 Å². The zero-order valence-electron chi connectivity index (χ0n) is 16.8. The van der Waals surface area contributed by atoms with E-state index in [1.54, 1.807) is 37.3 Å². The van der Waals surface area contributed by atoms with Gasteiger partial charge in [0.15, 0.2) is 11.6 Å². The number of carbonyl (C=O) groups is 1. The fraction of sp³-hybridized carbons (Fsp3) is 0.190. The van der Waals surface area contributed by atoms with E-state index in [0.29, 0.717) is 34.3 Å². The van der Waals surface area contributed by atoms with Crippen LogP contribution in [0.1, 0.15) is 15.9 Å². The van der Waals surface area contributed by atoms with Gasteiger partial charge in [0.1, 0.15) is 17.8 Å². The highest BCUT2D eigenvalue weighted by Gasteiger charge is 2.20. The number of aryl methyl sites for hydroxylation is 1. The summed E-state index contributed by atoms with van der Waals surface area (Å²) in [5, 5.41) is 3.21. The third-order valence-electron chi connectivity index (χ3n) is 4.46. The van der Waals surface area contributed by atoms with E-state index in [2.05, 4.69) is 15.3 Å². The minimum atomic E-state index is -0.442. The van der Waals surface area contributed by atoms with E-state index in [1.807, 2.05) is 31.2 Å². The average Bonchev–Trinajstić information content (AvgIpc) is 2.74. The highest BCUT2D eigenvalue weighted by molar-refractivity contribution is 5.97. The predicted molar refractivity (Wildman–Crippen MR) is 113 cm³/mol. The highest BCUT2D eigenvalue weighted by Crippen LogP contribution is 2.35. The number of nitrogen functional groups attached to an aromatic ring is 1. The molecule has 0 amide bonds. The number of benzene rings is 2. The van der Waals surface area contributed by atoms with Crippen LogP contribution in [0.2, 0.25) is 0 Å². The third-order valence-corrected chi connectivity index (χ3v) is 4.46. The number of nitrogens with two attached hydrogens (primary N) is 1. The fourth-order valence-electron chi connectivity index (χ4n) is 2.96. The van der Waals surface area contributed by atoms with Crippen LogP contribution in [0.4, 0.5) is 28.7 Å². The van der Waals surface area contributed by atoms with Crippen molar-refractivity contribution in [3.05, 3.63) is 59.9 Å². The lowest BCUT2D eigenvalue weighted by molar-refractivity contribution is 0.0601. The number of rotatable bonds is 6. The first kappa shape index (κ1) is 19.9. The molecular weight excluding hydrogens is 370 g/mol. The molecule has 0 bridgehead atoms. The van der Waals surface area contributed by atoms with Crippen LogP contribution < -0.4 is 20.7 Å². The average molecular weight is 393 g/mol. The molecule has 0 fully saturated rings. The summed E-state index contributed by atoms with van der Waals surface area (Å²) in [7, 11) is 4.72. The first-order valence-corrected chi connectivity index (χ1v) is 8.89. The maximum atomic E-state index is 12.1. The van der Waals surface area contributed by atoms with Crippen LogP contribution in [0.3, 0.4) is 0 Å². The van der Waals surface area contributed by atoms with Crippen molar-refractivity contribution in [2.45, 2.75) is 6.92 Å². The van der Waals surface area contributed by atoms with E-state index in [9.17, 15) is 4.79 Å². The summed E-state index contributed by atoms with van der Waals surface area (Å²) in [5.41, 5.74) is 9.52. The van der Waals surface area contributed by atoms with Crippen molar-refractivity contribution in [2.24, 2.45) is 0 Å². The number of hydrogen-bond acceptors (Lipinski definition) is 8. The Morgan fingerprint density at radius 1 is 1.14 bits per heavy atom. The number of nitrogens with zero attached hydrogens (tertiary/aromatic N) is 3. The van der Waals surface area contributed by atoms with Gasteiger partial charge in [-0.1, -0.05) is 18.2 Å². The third kappa shape index (κ3) is 4.06. The molecule has 0 spiro atoms. The van der Waals surface area contributed by atoms with E-state index >= 15 is 0 Å². The second-order valence-corrected chi connectivity index (χ2v) is 6.36. The lowest BCUT2D eigenvalue weighted by Gasteiger charge is -2.23. The van der Waals surface area contributed by atoms with E-state index < -0.39 is 5.97 Å². The summed E-state index contributed by atoms with van der Waals surface area (Å²) in [6.45, 7) is 1.98. The van der Waals surface area contributed by atoms with Gasteiger partial charge in [-0.05, 0) is 36.8 Å². The summed E-state index contributed by atoms with van der Waals surface area (Å²) in [6.07, 6.45) is 1.41. The van der Waals surface area contributed by atoms with Gasteiger partial charge in [0.2, 0.25) is 0 Å². The second-order valence-electron chi connectivity index (χ2n) is 6.36. The van der Waals surface area contributed by atoms with Crippen molar-refractivity contribution in [3.63, 3.8) is 0 Å². The molecule has 0 saturated carbocycles. The lowest BCUT2D eigenvalue weighted by Crippen LogP contribution is -2.18. The van der Waals surface area contributed by atoms with Crippen LogP contribution in [0.5, 0.6) is 5.75 Å². The predicted octanol–water partition coefficient (Wildman–Crippen LogP) is 3.67. The Morgan fingerprint density at radius 3 is 2.62 bits per heavy atom. The van der Waals surface area contributed by atoms with Gasteiger partial charge in [-0.15, -0.1) is 0 Å². The standard InChI is InChI=1S/C21H23N5O3/c1-13-9-10-17(28-3)15(11-13)25-19-18(22)20(24-12-23-19)26(2)16-8-6-5-7-14(16)21(27)29-4/h5-12H,22H2,1-4H3,(H,23,24,25). The molecule has 2 aromatic carbocycles. The summed E-state index contributed by atoms with van der Waals surface area (Å²) in [5.74, 6) is 1.11. The van der Waals surface area contributed by atoms with E-state index in [1.165, 1.54) is 13.4 Å². The monoisotopic (exact) mass is 393 g/mol. The molecular formula is C21H23N5O3. The van der Waals surface area contributed by atoms with E-state index in [4.69, 9.17) is 15.2 Å². The summed E-state index contributed by atoms with van der Waals surface area (Å²) in [6, 6.07) is 12.8. The van der Waals surface area contributed by atoms with Crippen LogP contribution in [-0.4, -0.2) is 37.2 Å². The molecule has 0 aliphatic rings. The molecule has 0 unspecified atom stereocenters. The van der Waals surface area contributed by atoms with Crippen LogP contribution in [0.25, 0.3) is 0 Å². The maximum absolute atomic E-state index is 12.1. The number of anilines is 5. The Bertz CT molecular complexity index is 1040. The van der Waals surface area contributed by atoms with Crippen molar-refractivity contribution >= 4 is 34.7 Å². The summed E-state index contributed by atoms with van der Waals surface area (Å²) >= 11 is 0. The molecule has 0 aliphatic carbocycles. The number of esters is 1. The highest BCUT2D eigenvalue weighted by atomic mass is 16.5. The number of para-hydroxylation sites is 1. The second kappa shape index (κ2) is 8.47. The molecule has 1 aromatic heterocycles. The minimum Gasteiger partial charge on any atom is -0.495 e. The van der Waals surface area contributed by atoms with Crippen molar-refractivity contribution in [1.29, 1.82) is 0 Å². The molecule has 0 saturated heterocycles. The number of nitrogens with one attached hydrogen (secondary N) is 1. The number of ether oxygens (including phenoxy) is 2. The number of hydrogen-bond donors (Lipinski definition) is 2. The molecule has 8 nitrogen and oxygen atoms in total. The quantitative estimate of drug-likeness (QED) is 0.612. The SMILES string of the molecule is COC(=O)c1ccccc1N(C)c1ncnc(Nc2cc(C)ccc2OC)c1N. The zero-order valence-corrected chi connectivity index (χ0v) is 16.8. The molecule has 3 aromatic rings. The maximum Gasteiger partial charge on any atom is 0.339 e. The molecule has 0 radical (unpaired) electrons. The van der Waals surface area contributed by atoms with E-state index in [0.717, 1.165) is 11.3 Å². The topological polar surface area (TPSA) is 103 Å². The van der Waals surface area contributed by atoms with Gasteiger partial charge in [0.05, 0.1) is 31.2 Å². The smallest absolute Gasteiger partial charge is 0.339 e. The Morgan fingerprint density at radius 2 is 1.90 bits per heavy atom. The van der Waals surface area contributed by atoms with Crippen LogP contribution >= 0.6 is 0 Å². The minimum absolute atomic E-state index is 0.332. The fourth-order valence-corrected chi connectivity index (χ4v) is 2.96. The number of aromatic nitrogens is 2. The van der Waals surface area contributed by atoms with Crippen LogP contribution in [0, 0.1) is 6.92 Å². The zero-order chi connectivity index (χ0) is 21.0. The Hall–Kier alpha value is -3.81. The van der Waals surface area contributed by atoms with E-state index in [-0.39, 0.29) is 0 Å². The summed E-state index contributed by atoms with van der Waals surface area (Å²) < 4.78 is 10.3. The molecule has 8 heteroatoms. The van der Waals surface area contributed by atoms with Gasteiger partial charge in [-0.2, -0.15) is 0 Å². The number of methoxy groups -OCH3 is 2. The molecule has 0 atom stereocenters. The molecule has 0 aliphatic heterocycles. The van der Waals surface area contributed by atoms with Gasteiger partial charge in [0.25, 0.3) is 0 Å². The first-order chi connectivity index (χ1) is 14.0. The molecule has 3 rings (SSSR count). The Kier molecular flexibility index (Phi) is 5.82. The largest absolute Gasteiger partial charge is 0.495 e. The molecule has 150 valence electrons. The molecule has 29 heavy (non-hydrogen) atoms. The van der Waals surface area contributed by atoms with Crippen molar-refractivity contribution in [3.8, 4) is 5.75 Å². The van der Waals surface area contributed by atoms with Gasteiger partial charge < -0.3 is 25.4 Å². The lowest BCUT2D eigenvalue weighted by atomic mass is 10.1. The van der Waals surface area contributed by atoms with Crippen LogP contribution in [0.15, 0.2) is 48.8 Å². The van der Waals surface area contributed by atoms with Gasteiger partial charge >= 0.3 is 5.97 Å². The van der Waals surface area contributed by atoms with Crippen molar-refractivity contribution in [1.82, 2.24) is 9.97 Å². The Balaban J connectivity index is 2.00. The van der Waals surface area contributed by atoms with Crippen molar-refractivity contribution in [2.75, 3.05) is 37.2 Å². The van der Waals surface area contributed by atoms with Crippen LogP contribution in [-0.2, 0) is 4.74 Å².